The van der Waals surface area contributed by atoms with Gasteiger partial charge < -0.3 is 9.72 Å². The van der Waals surface area contributed by atoms with E-state index in [4.69, 9.17) is 4.74 Å². The molecule has 204 valence electrons. The van der Waals surface area contributed by atoms with E-state index in [2.05, 4.69) is 33.9 Å². The largest absolute Gasteiger partial charge is 0.497 e. The molecular weight excluding hydrogens is 544 g/mol. The van der Waals surface area contributed by atoms with Crippen molar-refractivity contribution in [3.8, 4) is 17.0 Å². The van der Waals surface area contributed by atoms with E-state index in [0.717, 1.165) is 27.8 Å². The Kier molecular flexibility index (Phi) is 7.72. The number of carbonyl (C=O) groups excluding carboxylic acids is 1. The molecule has 1 amide bonds. The Bertz CT molecular complexity index is 1790. The quantitative estimate of drug-likeness (QED) is 0.167. The van der Waals surface area contributed by atoms with Crippen LogP contribution in [0.2, 0.25) is 0 Å². The lowest BCUT2D eigenvalue weighted by Gasteiger charge is -2.12. The summed E-state index contributed by atoms with van der Waals surface area (Å²) in [5, 5.41) is 5.54. The predicted molar refractivity (Wildman–Crippen MR) is 162 cm³/mol. The van der Waals surface area contributed by atoms with Gasteiger partial charge in [-0.1, -0.05) is 44.2 Å². The number of aromatic amines is 1. The molecule has 2 aromatic heterocycles. The van der Waals surface area contributed by atoms with E-state index in [-0.39, 0.29) is 5.13 Å². The average Bonchev–Trinajstić information content (AvgIpc) is 3.59. The highest BCUT2D eigenvalue weighted by Crippen LogP contribution is 2.29. The summed E-state index contributed by atoms with van der Waals surface area (Å²) in [4.78, 5) is 20.7. The lowest BCUT2D eigenvalue weighted by Crippen LogP contribution is -2.25. The zero-order valence-corrected chi connectivity index (χ0v) is 23.8. The minimum atomic E-state index is -4.28. The lowest BCUT2D eigenvalue weighted by atomic mass is 10.0. The fourth-order valence-electron chi connectivity index (χ4n) is 4.15. The van der Waals surface area contributed by atoms with Gasteiger partial charge in [-0.3, -0.25) is 14.8 Å². The fourth-order valence-corrected chi connectivity index (χ4v) is 6.00. The van der Waals surface area contributed by atoms with Crippen LogP contribution >= 0.6 is 11.3 Å². The molecule has 2 heterocycles. The van der Waals surface area contributed by atoms with Crippen LogP contribution in [-0.2, 0) is 14.8 Å². The third kappa shape index (κ3) is 5.93. The second-order valence-electron chi connectivity index (χ2n) is 9.40. The van der Waals surface area contributed by atoms with Crippen molar-refractivity contribution >= 4 is 55.1 Å². The predicted octanol–water partition coefficient (Wildman–Crippen LogP) is 6.84. The molecule has 40 heavy (non-hydrogen) atoms. The molecule has 0 saturated carbocycles. The Hall–Kier alpha value is -4.41. The summed E-state index contributed by atoms with van der Waals surface area (Å²) in [7, 11) is -2.68. The van der Waals surface area contributed by atoms with Gasteiger partial charge in [0.1, 0.15) is 5.75 Å². The number of aromatic nitrogens is 2. The topological polar surface area (TPSA) is 113 Å². The molecule has 0 aliphatic heterocycles. The third-order valence-corrected chi connectivity index (χ3v) is 8.51. The summed E-state index contributed by atoms with van der Waals surface area (Å²) in [5.74, 6) is 0.221. The number of fused-ring (bicyclic) bond motifs is 1. The molecular formula is C30H28N4O4S2. The van der Waals surface area contributed by atoms with Crippen LogP contribution in [0.15, 0.2) is 89.3 Å². The molecule has 8 nitrogen and oxygen atoms in total. The number of hydrogen-bond donors (Lipinski definition) is 3. The molecule has 0 unspecified atom stereocenters. The zero-order valence-electron chi connectivity index (χ0n) is 22.1. The normalized spacial score (nSPS) is 12.1. The molecule has 10 heteroatoms. The summed E-state index contributed by atoms with van der Waals surface area (Å²) in [6.45, 7) is 4.12. The highest BCUT2D eigenvalue weighted by Gasteiger charge is 2.27. The first kappa shape index (κ1) is 27.2. The highest BCUT2D eigenvalue weighted by molar-refractivity contribution is 7.97. The summed E-state index contributed by atoms with van der Waals surface area (Å²) < 4.78 is 35.0. The number of sulfonamides is 1. The number of carbonyl (C=O) groups is 1. The van der Waals surface area contributed by atoms with Crippen LogP contribution in [0.3, 0.4) is 0 Å². The monoisotopic (exact) mass is 572 g/mol. The second kappa shape index (κ2) is 11.4. The Morgan fingerprint density at radius 2 is 1.75 bits per heavy atom. The first-order chi connectivity index (χ1) is 19.2. The van der Waals surface area contributed by atoms with Crippen LogP contribution in [-0.4, -0.2) is 31.4 Å². The van der Waals surface area contributed by atoms with Gasteiger partial charge in [0.05, 0.1) is 12.8 Å². The van der Waals surface area contributed by atoms with Crippen molar-refractivity contribution in [1.29, 1.82) is 0 Å². The Balaban J connectivity index is 1.47. The zero-order chi connectivity index (χ0) is 28.3. The maximum Gasteiger partial charge on any atom is 0.270 e. The van der Waals surface area contributed by atoms with E-state index in [1.54, 1.807) is 30.8 Å². The fraction of sp³-hybridized carbons (Fsp3) is 0.133. The number of thiazole rings is 1. The van der Waals surface area contributed by atoms with Crippen molar-refractivity contribution in [2.45, 2.75) is 19.8 Å². The van der Waals surface area contributed by atoms with Gasteiger partial charge in [0, 0.05) is 39.3 Å². The summed E-state index contributed by atoms with van der Waals surface area (Å²) in [6.07, 6.45) is 3.05. The van der Waals surface area contributed by atoms with E-state index < -0.39 is 20.8 Å². The van der Waals surface area contributed by atoms with E-state index in [0.29, 0.717) is 22.9 Å². The first-order valence-corrected chi connectivity index (χ1v) is 14.9. The number of nitrogens with zero attached hydrogens (tertiary/aromatic N) is 1. The Morgan fingerprint density at radius 3 is 2.45 bits per heavy atom. The molecule has 3 N–H and O–H groups in total. The summed E-state index contributed by atoms with van der Waals surface area (Å²) >= 11 is 1.21. The van der Waals surface area contributed by atoms with Gasteiger partial charge in [-0.15, -0.1) is 11.3 Å². The minimum Gasteiger partial charge on any atom is -0.497 e. The lowest BCUT2D eigenvalue weighted by molar-refractivity contribution is -0.112. The molecule has 0 aliphatic carbocycles. The van der Waals surface area contributed by atoms with Gasteiger partial charge in [-0.05, 0) is 60.0 Å². The maximum atomic E-state index is 13.6. The number of hydrogen-bond acceptors (Lipinski definition) is 6. The number of nitrogens with one attached hydrogen (secondary N) is 3. The van der Waals surface area contributed by atoms with Crippen molar-refractivity contribution in [3.05, 3.63) is 100 Å². The van der Waals surface area contributed by atoms with Crippen LogP contribution in [0, 0.1) is 0 Å². The molecule has 5 aromatic rings. The first-order valence-electron chi connectivity index (χ1n) is 12.6. The van der Waals surface area contributed by atoms with E-state index in [9.17, 15) is 13.2 Å². The standard InChI is InChI=1S/C30H28N4O4S2/c1-19(2)20-8-12-23(13-9-20)34-40(36,37)28(16-22-17-31-26-7-5-4-6-25(22)26)29(35)33-30-32-27(18-39-30)21-10-14-24(38-3)15-11-21/h4-19,31,34H,1-3H3,(H,32,33,35)/b28-16+. The molecule has 5 rings (SSSR count). The molecule has 0 aliphatic rings. The molecule has 0 bridgehead atoms. The number of H-pyrrole nitrogens is 1. The van der Waals surface area contributed by atoms with Crippen LogP contribution in [0.5, 0.6) is 5.75 Å². The number of para-hydroxylation sites is 1. The third-order valence-electron chi connectivity index (χ3n) is 6.36. The second-order valence-corrected chi connectivity index (χ2v) is 11.9. The summed E-state index contributed by atoms with van der Waals surface area (Å²) in [6, 6.07) is 21.9. The van der Waals surface area contributed by atoms with Gasteiger partial charge in [0.2, 0.25) is 0 Å². The molecule has 0 radical (unpaired) electrons. The molecule has 0 spiro atoms. The van der Waals surface area contributed by atoms with Crippen LogP contribution in [0.4, 0.5) is 10.8 Å². The molecule has 0 fully saturated rings. The van der Waals surface area contributed by atoms with Crippen molar-refractivity contribution in [3.63, 3.8) is 0 Å². The van der Waals surface area contributed by atoms with E-state index in [1.165, 1.54) is 17.4 Å². The van der Waals surface area contributed by atoms with Gasteiger partial charge in [-0.25, -0.2) is 13.4 Å². The Labute approximate surface area is 236 Å². The maximum absolute atomic E-state index is 13.6. The minimum absolute atomic E-state index is 0.275. The number of ether oxygens (including phenoxy) is 1. The van der Waals surface area contributed by atoms with Crippen molar-refractivity contribution in [2.75, 3.05) is 17.1 Å². The number of rotatable bonds is 9. The van der Waals surface area contributed by atoms with Crippen LogP contribution < -0.4 is 14.8 Å². The smallest absolute Gasteiger partial charge is 0.270 e. The number of anilines is 2. The molecule has 3 aromatic carbocycles. The Morgan fingerprint density at radius 1 is 1.02 bits per heavy atom. The highest BCUT2D eigenvalue weighted by atomic mass is 32.2. The van der Waals surface area contributed by atoms with Crippen molar-refractivity contribution in [1.82, 2.24) is 9.97 Å². The number of benzene rings is 3. The summed E-state index contributed by atoms with van der Waals surface area (Å²) in [5.41, 5.74) is 4.32. The van der Waals surface area contributed by atoms with Gasteiger partial charge in [0.25, 0.3) is 15.9 Å². The average molecular weight is 573 g/mol. The van der Waals surface area contributed by atoms with Gasteiger partial charge in [0.15, 0.2) is 10.0 Å². The molecule has 0 saturated heterocycles. The molecule has 0 atom stereocenters. The van der Waals surface area contributed by atoms with Crippen LogP contribution in [0.25, 0.3) is 28.2 Å². The SMILES string of the molecule is COc1ccc(-c2csc(NC(=O)/C(=C\c3c[nH]c4ccccc34)S(=O)(=O)Nc3ccc(C(C)C)cc3)n2)cc1. The van der Waals surface area contributed by atoms with Crippen LogP contribution in [0.1, 0.15) is 30.9 Å². The van der Waals surface area contributed by atoms with Gasteiger partial charge in [-0.2, -0.15) is 0 Å². The van der Waals surface area contributed by atoms with E-state index in [1.807, 2.05) is 60.7 Å². The van der Waals surface area contributed by atoms with E-state index >= 15 is 0 Å². The number of methoxy groups -OCH3 is 1. The van der Waals surface area contributed by atoms with Crippen molar-refractivity contribution in [2.24, 2.45) is 0 Å². The van der Waals surface area contributed by atoms with Gasteiger partial charge >= 0.3 is 0 Å². The van der Waals surface area contributed by atoms with Crippen molar-refractivity contribution < 1.29 is 17.9 Å². The number of amides is 1.